The van der Waals surface area contributed by atoms with Crippen molar-refractivity contribution < 1.29 is 4.79 Å². The predicted molar refractivity (Wildman–Crippen MR) is 101 cm³/mol. The number of nitrogens with one attached hydrogen (secondary N) is 2. The van der Waals surface area contributed by atoms with E-state index in [4.69, 9.17) is 0 Å². The van der Waals surface area contributed by atoms with Crippen LogP contribution < -0.4 is 10.6 Å². The summed E-state index contributed by atoms with van der Waals surface area (Å²) in [7, 11) is 0. The summed E-state index contributed by atoms with van der Waals surface area (Å²) >= 11 is 0. The minimum Gasteiger partial charge on any atom is -0.374 e. The van der Waals surface area contributed by atoms with Crippen molar-refractivity contribution in [1.82, 2.24) is 0 Å². The molecule has 2 N–H and O–H groups in total. The summed E-state index contributed by atoms with van der Waals surface area (Å²) in [5, 5.41) is 8.56. The fourth-order valence-electron chi connectivity index (χ4n) is 2.67. The smallest absolute Gasteiger partial charge is 0.246 e. The molecule has 0 aliphatic rings. The number of carbonyl (C=O) groups is 1. The summed E-state index contributed by atoms with van der Waals surface area (Å²) in [6, 6.07) is 22.0. The highest BCUT2D eigenvalue weighted by Gasteiger charge is 2.13. The molecule has 0 spiro atoms. The van der Waals surface area contributed by atoms with E-state index in [1.54, 1.807) is 0 Å². The number of fused-ring (bicyclic) bond motifs is 1. The Hall–Kier alpha value is -2.81. The predicted octanol–water partition coefficient (Wildman–Crippen LogP) is 4.84. The molecule has 0 aliphatic heterocycles. The Kier molecular flexibility index (Phi) is 4.80. The van der Waals surface area contributed by atoms with Crippen molar-refractivity contribution in [3.05, 3.63) is 72.3 Å². The fraction of sp³-hybridized carbons (Fsp3) is 0.190. The Balaban J connectivity index is 1.65. The number of hydrogen-bond donors (Lipinski definition) is 2. The van der Waals surface area contributed by atoms with Crippen LogP contribution in [-0.2, 0) is 11.2 Å². The maximum Gasteiger partial charge on any atom is 0.246 e. The largest absolute Gasteiger partial charge is 0.374 e. The van der Waals surface area contributed by atoms with E-state index in [0.29, 0.717) is 0 Å². The fourth-order valence-corrected chi connectivity index (χ4v) is 2.67. The Morgan fingerprint density at radius 1 is 0.917 bits per heavy atom. The lowest BCUT2D eigenvalue weighted by molar-refractivity contribution is -0.116. The topological polar surface area (TPSA) is 41.1 Å². The molecule has 0 aromatic heterocycles. The molecule has 3 nitrogen and oxygen atoms in total. The minimum atomic E-state index is -0.322. The first-order chi connectivity index (χ1) is 11.7. The normalized spacial score (nSPS) is 11.9. The molecule has 3 heteroatoms. The summed E-state index contributed by atoms with van der Waals surface area (Å²) in [6.45, 7) is 3.98. The first kappa shape index (κ1) is 16.1. The highest BCUT2D eigenvalue weighted by molar-refractivity contribution is 5.96. The monoisotopic (exact) mass is 318 g/mol. The Labute approximate surface area is 142 Å². The SMILES string of the molecule is CCc1ccc(NC(=O)[C@H](C)Nc2ccc3ccccc3c2)cc1. The molecule has 0 fully saturated rings. The van der Waals surface area contributed by atoms with Crippen LogP contribution in [0.5, 0.6) is 0 Å². The summed E-state index contributed by atoms with van der Waals surface area (Å²) in [4.78, 5) is 12.4. The van der Waals surface area contributed by atoms with Gasteiger partial charge in [0.15, 0.2) is 0 Å². The number of amides is 1. The van der Waals surface area contributed by atoms with Crippen molar-refractivity contribution in [3.63, 3.8) is 0 Å². The van der Waals surface area contributed by atoms with Gasteiger partial charge in [0.2, 0.25) is 5.91 Å². The van der Waals surface area contributed by atoms with Crippen LogP contribution in [0.3, 0.4) is 0 Å². The second-order valence-electron chi connectivity index (χ2n) is 5.97. The van der Waals surface area contributed by atoms with E-state index in [1.165, 1.54) is 10.9 Å². The van der Waals surface area contributed by atoms with Gasteiger partial charge in [0.25, 0.3) is 0 Å². The second kappa shape index (κ2) is 7.18. The van der Waals surface area contributed by atoms with E-state index in [-0.39, 0.29) is 11.9 Å². The zero-order valence-corrected chi connectivity index (χ0v) is 14.0. The third kappa shape index (κ3) is 3.74. The van der Waals surface area contributed by atoms with E-state index in [9.17, 15) is 4.79 Å². The molecule has 3 aromatic rings. The van der Waals surface area contributed by atoms with E-state index in [0.717, 1.165) is 23.2 Å². The van der Waals surface area contributed by atoms with Gasteiger partial charge in [0.05, 0.1) is 0 Å². The molecule has 0 radical (unpaired) electrons. The zero-order chi connectivity index (χ0) is 16.9. The zero-order valence-electron chi connectivity index (χ0n) is 14.0. The van der Waals surface area contributed by atoms with Gasteiger partial charge >= 0.3 is 0 Å². The van der Waals surface area contributed by atoms with Crippen molar-refractivity contribution in [2.75, 3.05) is 10.6 Å². The van der Waals surface area contributed by atoms with Crippen LogP contribution in [0.2, 0.25) is 0 Å². The third-order valence-corrected chi connectivity index (χ3v) is 4.16. The molecule has 3 rings (SSSR count). The van der Waals surface area contributed by atoms with Gasteiger partial charge in [-0.05, 0) is 53.9 Å². The summed E-state index contributed by atoms with van der Waals surface area (Å²) in [5.41, 5.74) is 3.03. The lowest BCUT2D eigenvalue weighted by Gasteiger charge is -2.16. The molecule has 0 aliphatic carbocycles. The van der Waals surface area contributed by atoms with Crippen molar-refractivity contribution in [2.45, 2.75) is 26.3 Å². The molecule has 0 saturated carbocycles. The van der Waals surface area contributed by atoms with Crippen LogP contribution in [0.25, 0.3) is 10.8 Å². The van der Waals surface area contributed by atoms with Crippen molar-refractivity contribution in [3.8, 4) is 0 Å². The molecule has 24 heavy (non-hydrogen) atoms. The van der Waals surface area contributed by atoms with E-state index >= 15 is 0 Å². The van der Waals surface area contributed by atoms with E-state index < -0.39 is 0 Å². The lowest BCUT2D eigenvalue weighted by Crippen LogP contribution is -2.31. The number of hydrogen-bond acceptors (Lipinski definition) is 2. The lowest BCUT2D eigenvalue weighted by atomic mass is 10.1. The molecular weight excluding hydrogens is 296 g/mol. The van der Waals surface area contributed by atoms with Gasteiger partial charge in [0.1, 0.15) is 6.04 Å². The second-order valence-corrected chi connectivity index (χ2v) is 5.97. The summed E-state index contributed by atoms with van der Waals surface area (Å²) < 4.78 is 0. The Bertz CT molecular complexity index is 840. The van der Waals surface area contributed by atoms with Gasteiger partial charge in [-0.1, -0.05) is 49.4 Å². The molecule has 1 amide bonds. The number of rotatable bonds is 5. The van der Waals surface area contributed by atoms with Crippen LogP contribution in [0.15, 0.2) is 66.7 Å². The Morgan fingerprint density at radius 3 is 2.29 bits per heavy atom. The summed E-state index contributed by atoms with van der Waals surface area (Å²) in [6.07, 6.45) is 0.994. The maximum atomic E-state index is 12.4. The number of aryl methyl sites for hydroxylation is 1. The van der Waals surface area contributed by atoms with Gasteiger partial charge in [0, 0.05) is 11.4 Å². The highest BCUT2D eigenvalue weighted by atomic mass is 16.2. The third-order valence-electron chi connectivity index (χ3n) is 4.16. The number of benzene rings is 3. The van der Waals surface area contributed by atoms with Gasteiger partial charge in [-0.25, -0.2) is 0 Å². The van der Waals surface area contributed by atoms with E-state index in [2.05, 4.69) is 41.8 Å². The van der Waals surface area contributed by atoms with Gasteiger partial charge in [-0.15, -0.1) is 0 Å². The van der Waals surface area contributed by atoms with Crippen LogP contribution in [0, 0.1) is 0 Å². The van der Waals surface area contributed by atoms with Crippen LogP contribution >= 0.6 is 0 Å². The molecule has 3 aromatic carbocycles. The van der Waals surface area contributed by atoms with Gasteiger partial charge < -0.3 is 10.6 Å². The molecule has 0 bridgehead atoms. The molecular formula is C21H22N2O. The van der Waals surface area contributed by atoms with Crippen LogP contribution in [0.4, 0.5) is 11.4 Å². The maximum absolute atomic E-state index is 12.4. The first-order valence-electron chi connectivity index (χ1n) is 8.31. The number of carbonyl (C=O) groups excluding carboxylic acids is 1. The van der Waals surface area contributed by atoms with Gasteiger partial charge in [-0.2, -0.15) is 0 Å². The Morgan fingerprint density at radius 2 is 1.58 bits per heavy atom. The van der Waals surface area contributed by atoms with Crippen molar-refractivity contribution >= 4 is 28.1 Å². The van der Waals surface area contributed by atoms with Gasteiger partial charge in [-0.3, -0.25) is 4.79 Å². The van der Waals surface area contributed by atoms with E-state index in [1.807, 2.05) is 49.4 Å². The van der Waals surface area contributed by atoms with Crippen molar-refractivity contribution in [2.24, 2.45) is 0 Å². The molecule has 0 saturated heterocycles. The summed E-state index contributed by atoms with van der Waals surface area (Å²) in [5.74, 6) is -0.0487. The van der Waals surface area contributed by atoms with Crippen LogP contribution in [-0.4, -0.2) is 11.9 Å². The van der Waals surface area contributed by atoms with Crippen molar-refractivity contribution in [1.29, 1.82) is 0 Å². The average Bonchev–Trinajstić information content (AvgIpc) is 2.62. The molecule has 0 unspecified atom stereocenters. The molecule has 1 atom stereocenters. The highest BCUT2D eigenvalue weighted by Crippen LogP contribution is 2.19. The average molecular weight is 318 g/mol. The first-order valence-corrected chi connectivity index (χ1v) is 8.31. The minimum absolute atomic E-state index is 0.0487. The molecule has 0 heterocycles. The van der Waals surface area contributed by atoms with Crippen LogP contribution in [0.1, 0.15) is 19.4 Å². The molecule has 122 valence electrons. The number of anilines is 2. The quantitative estimate of drug-likeness (QED) is 0.706. The standard InChI is InChI=1S/C21H22N2O/c1-3-16-8-11-19(12-9-16)23-21(24)15(2)22-20-13-10-17-6-4-5-7-18(17)14-20/h4-15,22H,3H2,1-2H3,(H,23,24)/t15-/m0/s1.